The van der Waals surface area contributed by atoms with Crippen LogP contribution in [0.15, 0.2) is 41.3 Å². The third-order valence-corrected chi connectivity index (χ3v) is 4.71. The minimum atomic E-state index is -0.188. The molecule has 0 saturated carbocycles. The van der Waals surface area contributed by atoms with E-state index in [0.717, 1.165) is 24.2 Å². The molecule has 0 bridgehead atoms. The van der Waals surface area contributed by atoms with E-state index < -0.39 is 0 Å². The van der Waals surface area contributed by atoms with Crippen molar-refractivity contribution in [3.05, 3.63) is 62.8 Å². The number of hydrogen-bond acceptors (Lipinski definition) is 4. The van der Waals surface area contributed by atoms with Crippen molar-refractivity contribution in [1.29, 1.82) is 0 Å². The Labute approximate surface area is 143 Å². The van der Waals surface area contributed by atoms with E-state index in [1.165, 1.54) is 5.56 Å². The first kappa shape index (κ1) is 15.3. The van der Waals surface area contributed by atoms with Gasteiger partial charge in [0.25, 0.3) is 5.56 Å². The van der Waals surface area contributed by atoms with Crippen molar-refractivity contribution in [1.82, 2.24) is 19.9 Å². The molecule has 1 aliphatic heterocycles. The van der Waals surface area contributed by atoms with Gasteiger partial charge in [-0.05, 0) is 29.4 Å². The van der Waals surface area contributed by atoms with Crippen LogP contribution in [0.4, 0.5) is 0 Å². The molecule has 0 aliphatic carbocycles. The molecule has 1 fully saturated rings. The van der Waals surface area contributed by atoms with E-state index in [1.54, 1.807) is 6.20 Å². The molecule has 1 saturated heterocycles. The van der Waals surface area contributed by atoms with E-state index in [2.05, 4.69) is 27.4 Å². The van der Waals surface area contributed by atoms with Gasteiger partial charge in [-0.15, -0.1) is 0 Å². The molecule has 0 unspecified atom stereocenters. The van der Waals surface area contributed by atoms with E-state index in [-0.39, 0.29) is 11.6 Å². The van der Waals surface area contributed by atoms with Crippen molar-refractivity contribution in [2.75, 3.05) is 19.8 Å². The van der Waals surface area contributed by atoms with Gasteiger partial charge in [-0.1, -0.05) is 24.3 Å². The number of nitrogens with zero attached hydrogens (tertiary/aromatic N) is 1. The Morgan fingerprint density at radius 1 is 1.29 bits per heavy atom. The number of H-pyrrole nitrogens is 2. The lowest BCUT2D eigenvalue weighted by Gasteiger charge is -2.26. The number of ether oxygens (including phenoxy) is 1. The second kappa shape index (κ2) is 6.35. The van der Waals surface area contributed by atoms with Gasteiger partial charge in [0.2, 0.25) is 0 Å². The minimum Gasteiger partial charge on any atom is -0.378 e. The van der Waals surface area contributed by atoms with Crippen LogP contribution >= 0.6 is 12.2 Å². The van der Waals surface area contributed by atoms with Crippen molar-refractivity contribution >= 4 is 23.3 Å². The average molecular weight is 342 g/mol. The normalized spacial score (nSPS) is 18.1. The number of benzene rings is 1. The first-order valence-electron chi connectivity index (χ1n) is 7.93. The van der Waals surface area contributed by atoms with Crippen LogP contribution in [0, 0.1) is 4.77 Å². The second-order valence-corrected chi connectivity index (χ2v) is 6.25. The number of morpholine rings is 1. The number of hydrogen-bond donors (Lipinski definition) is 3. The summed E-state index contributed by atoms with van der Waals surface area (Å²) in [6.45, 7) is 2.85. The molecular formula is C17H18N4O2S. The zero-order valence-corrected chi connectivity index (χ0v) is 13.9. The number of aromatic nitrogens is 3. The van der Waals surface area contributed by atoms with Gasteiger partial charge >= 0.3 is 0 Å². The monoisotopic (exact) mass is 342 g/mol. The molecule has 1 atom stereocenters. The highest BCUT2D eigenvalue weighted by atomic mass is 32.1. The fourth-order valence-corrected chi connectivity index (χ4v) is 3.47. The van der Waals surface area contributed by atoms with Gasteiger partial charge < -0.3 is 19.6 Å². The summed E-state index contributed by atoms with van der Waals surface area (Å²) in [7, 11) is 0. The molecule has 3 heterocycles. The van der Waals surface area contributed by atoms with Crippen LogP contribution in [0.2, 0.25) is 0 Å². The van der Waals surface area contributed by atoms with Gasteiger partial charge in [-0.3, -0.25) is 9.78 Å². The number of aromatic amines is 2. The molecule has 3 N–H and O–H groups in total. The summed E-state index contributed by atoms with van der Waals surface area (Å²) >= 11 is 5.39. The summed E-state index contributed by atoms with van der Waals surface area (Å²) in [5, 5.41) is 3.49. The maximum absolute atomic E-state index is 12.0. The standard InChI is InChI=1S/C17H18N4O2S/c22-16-15-14(5-6-19-15)21(17(24)20-16)9-11-3-1-2-4-12(11)13-10-23-8-7-18-13/h1-6,13,18-19H,7-10H2,(H,20,22,24)/t13-/m0/s1. The predicted molar refractivity (Wildman–Crippen MR) is 94.9 cm³/mol. The second-order valence-electron chi connectivity index (χ2n) is 5.86. The van der Waals surface area contributed by atoms with Gasteiger partial charge in [0.05, 0.1) is 31.3 Å². The molecule has 124 valence electrons. The maximum atomic E-state index is 12.0. The Hall–Kier alpha value is -2.22. The summed E-state index contributed by atoms with van der Waals surface area (Å²) in [4.78, 5) is 17.7. The summed E-state index contributed by atoms with van der Waals surface area (Å²) < 4.78 is 7.97. The summed E-state index contributed by atoms with van der Waals surface area (Å²) in [6, 6.07) is 10.3. The predicted octanol–water partition coefficient (Wildman–Crippen LogP) is 2.10. The average Bonchev–Trinajstić information content (AvgIpc) is 3.10. The van der Waals surface area contributed by atoms with Crippen LogP contribution in [0.25, 0.3) is 11.0 Å². The molecule has 24 heavy (non-hydrogen) atoms. The van der Waals surface area contributed by atoms with Crippen molar-refractivity contribution in [3.63, 3.8) is 0 Å². The van der Waals surface area contributed by atoms with Crippen molar-refractivity contribution < 1.29 is 4.74 Å². The molecular weight excluding hydrogens is 324 g/mol. The number of fused-ring (bicyclic) bond motifs is 1. The Balaban J connectivity index is 1.78. The molecule has 0 amide bonds. The summed E-state index contributed by atoms with van der Waals surface area (Å²) in [5.74, 6) is 0. The Bertz CT molecular complexity index is 982. The molecule has 2 aromatic heterocycles. The Morgan fingerprint density at radius 2 is 2.17 bits per heavy atom. The van der Waals surface area contributed by atoms with Gasteiger partial charge in [0.15, 0.2) is 4.77 Å². The van der Waals surface area contributed by atoms with Crippen LogP contribution in [0.1, 0.15) is 17.2 Å². The molecule has 3 aromatic rings. The Kier molecular flexibility index (Phi) is 4.05. The highest BCUT2D eigenvalue weighted by molar-refractivity contribution is 7.71. The molecule has 1 aromatic carbocycles. The van der Waals surface area contributed by atoms with Crippen molar-refractivity contribution in [3.8, 4) is 0 Å². The summed E-state index contributed by atoms with van der Waals surface area (Å²) in [6.07, 6.45) is 1.76. The fraction of sp³-hybridized carbons (Fsp3) is 0.294. The third-order valence-electron chi connectivity index (χ3n) is 4.39. The molecule has 1 aliphatic rings. The lowest BCUT2D eigenvalue weighted by atomic mass is 10.00. The number of rotatable bonds is 3. The van der Waals surface area contributed by atoms with E-state index in [0.29, 0.717) is 23.4 Å². The van der Waals surface area contributed by atoms with Crippen molar-refractivity contribution in [2.24, 2.45) is 0 Å². The van der Waals surface area contributed by atoms with Crippen LogP contribution < -0.4 is 10.9 Å². The quantitative estimate of drug-likeness (QED) is 0.637. The van der Waals surface area contributed by atoms with E-state index >= 15 is 0 Å². The molecule has 0 spiro atoms. The molecule has 0 radical (unpaired) electrons. The minimum absolute atomic E-state index is 0.175. The van der Waals surface area contributed by atoms with Crippen LogP contribution in [0.5, 0.6) is 0 Å². The number of nitrogens with one attached hydrogen (secondary N) is 3. The van der Waals surface area contributed by atoms with E-state index in [9.17, 15) is 4.79 Å². The SMILES string of the molecule is O=c1[nH]c(=S)n(Cc2ccccc2[C@@H]2COCCN2)c2cc[nH]c12. The smallest absolute Gasteiger partial charge is 0.276 e. The lowest BCUT2D eigenvalue weighted by Crippen LogP contribution is -2.35. The highest BCUT2D eigenvalue weighted by Crippen LogP contribution is 2.22. The largest absolute Gasteiger partial charge is 0.378 e. The fourth-order valence-electron chi connectivity index (χ4n) is 3.22. The van der Waals surface area contributed by atoms with Crippen LogP contribution in [0.3, 0.4) is 0 Å². The first-order chi connectivity index (χ1) is 11.7. The zero-order chi connectivity index (χ0) is 16.5. The molecule has 6 nitrogen and oxygen atoms in total. The highest BCUT2D eigenvalue weighted by Gasteiger charge is 2.18. The van der Waals surface area contributed by atoms with E-state index in [1.807, 2.05) is 22.8 Å². The van der Waals surface area contributed by atoms with Crippen LogP contribution in [-0.4, -0.2) is 34.3 Å². The van der Waals surface area contributed by atoms with Crippen molar-refractivity contribution in [2.45, 2.75) is 12.6 Å². The molecule has 7 heteroatoms. The van der Waals surface area contributed by atoms with Gasteiger partial charge in [0, 0.05) is 12.7 Å². The van der Waals surface area contributed by atoms with Crippen LogP contribution in [-0.2, 0) is 11.3 Å². The maximum Gasteiger partial charge on any atom is 0.276 e. The summed E-state index contributed by atoms with van der Waals surface area (Å²) in [5.41, 5.74) is 3.53. The van der Waals surface area contributed by atoms with Gasteiger partial charge in [-0.2, -0.15) is 0 Å². The molecule has 4 rings (SSSR count). The first-order valence-corrected chi connectivity index (χ1v) is 8.34. The zero-order valence-electron chi connectivity index (χ0n) is 13.0. The van der Waals surface area contributed by atoms with Gasteiger partial charge in [-0.25, -0.2) is 0 Å². The lowest BCUT2D eigenvalue weighted by molar-refractivity contribution is 0.0766. The topological polar surface area (TPSA) is 74.8 Å². The van der Waals surface area contributed by atoms with E-state index in [4.69, 9.17) is 17.0 Å². The Morgan fingerprint density at radius 3 is 3.00 bits per heavy atom. The third kappa shape index (κ3) is 2.71. The van der Waals surface area contributed by atoms with Gasteiger partial charge in [0.1, 0.15) is 5.52 Å².